The summed E-state index contributed by atoms with van der Waals surface area (Å²) in [6, 6.07) is 9.67. The van der Waals surface area contributed by atoms with E-state index in [1.54, 1.807) is 0 Å². The van der Waals surface area contributed by atoms with Gasteiger partial charge in [-0.25, -0.2) is 4.79 Å². The molecule has 1 aliphatic heterocycles. The normalized spacial score (nSPS) is 22.4. The van der Waals surface area contributed by atoms with E-state index in [1.807, 2.05) is 51.1 Å². The van der Waals surface area contributed by atoms with Gasteiger partial charge in [0.1, 0.15) is 18.0 Å². The quantitative estimate of drug-likeness (QED) is 0.848. The van der Waals surface area contributed by atoms with Crippen LogP contribution in [0, 0.1) is 0 Å². The number of amides is 1. The summed E-state index contributed by atoms with van der Waals surface area (Å²) in [4.78, 5) is 23.0. The summed E-state index contributed by atoms with van der Waals surface area (Å²) < 4.78 is 11.1. The van der Waals surface area contributed by atoms with Gasteiger partial charge in [0.2, 0.25) is 0 Å². The standard InChI is InChI=1S/C18H25NO4/c1-18(2,3)23-17(21)19-15(11-13-7-5-4-6-8-13)16-10-9-14(12-20)22-16/h4-8,12,14-16H,9-11H2,1-3H3,(H,19,21)/t14?,15-,16-/m0/s1. The highest BCUT2D eigenvalue weighted by Crippen LogP contribution is 2.23. The first kappa shape index (κ1) is 17.5. The number of aldehydes is 1. The molecular formula is C18H25NO4. The van der Waals surface area contributed by atoms with Crippen molar-refractivity contribution >= 4 is 12.4 Å². The number of carbonyl (C=O) groups is 2. The van der Waals surface area contributed by atoms with E-state index in [1.165, 1.54) is 0 Å². The van der Waals surface area contributed by atoms with Crippen molar-refractivity contribution in [2.75, 3.05) is 0 Å². The number of benzene rings is 1. The maximum absolute atomic E-state index is 12.1. The summed E-state index contributed by atoms with van der Waals surface area (Å²) in [6.07, 6.45) is 1.88. The van der Waals surface area contributed by atoms with Gasteiger partial charge in [-0.3, -0.25) is 0 Å². The first-order valence-corrected chi connectivity index (χ1v) is 8.01. The smallest absolute Gasteiger partial charge is 0.407 e. The third-order valence-electron chi connectivity index (χ3n) is 3.69. The van der Waals surface area contributed by atoms with Crippen molar-refractivity contribution in [2.24, 2.45) is 0 Å². The van der Waals surface area contributed by atoms with E-state index >= 15 is 0 Å². The molecule has 2 rings (SSSR count). The molecule has 1 heterocycles. The Bertz CT molecular complexity index is 524. The SMILES string of the molecule is CC(C)(C)OC(=O)N[C@@H](Cc1ccccc1)[C@@H]1CCC(C=O)O1. The second-order valence-electron chi connectivity index (χ2n) is 6.87. The van der Waals surface area contributed by atoms with Crippen LogP contribution in [0.25, 0.3) is 0 Å². The summed E-state index contributed by atoms with van der Waals surface area (Å²) >= 11 is 0. The molecule has 1 unspecified atom stereocenters. The summed E-state index contributed by atoms with van der Waals surface area (Å²) in [5, 5.41) is 2.91. The molecule has 0 aromatic heterocycles. The third-order valence-corrected chi connectivity index (χ3v) is 3.69. The number of nitrogens with one attached hydrogen (secondary N) is 1. The molecule has 3 atom stereocenters. The van der Waals surface area contributed by atoms with Gasteiger partial charge >= 0.3 is 6.09 Å². The molecule has 1 aromatic rings. The second-order valence-corrected chi connectivity index (χ2v) is 6.87. The Morgan fingerprint density at radius 3 is 2.61 bits per heavy atom. The third kappa shape index (κ3) is 5.67. The lowest BCUT2D eigenvalue weighted by Crippen LogP contribution is -2.46. The molecule has 1 N–H and O–H groups in total. The van der Waals surface area contributed by atoms with Gasteiger partial charge in [0.15, 0.2) is 0 Å². The number of rotatable bonds is 5. The van der Waals surface area contributed by atoms with Crippen LogP contribution in [0.4, 0.5) is 4.79 Å². The van der Waals surface area contributed by atoms with Crippen LogP contribution in [0.1, 0.15) is 39.2 Å². The van der Waals surface area contributed by atoms with Crippen LogP contribution >= 0.6 is 0 Å². The topological polar surface area (TPSA) is 64.6 Å². The van der Waals surface area contributed by atoms with Crippen molar-refractivity contribution in [3.8, 4) is 0 Å². The Morgan fingerprint density at radius 2 is 2.04 bits per heavy atom. The average Bonchev–Trinajstić information content (AvgIpc) is 2.94. The van der Waals surface area contributed by atoms with E-state index in [4.69, 9.17) is 9.47 Å². The molecule has 23 heavy (non-hydrogen) atoms. The number of hydrogen-bond acceptors (Lipinski definition) is 4. The first-order chi connectivity index (χ1) is 10.9. The van der Waals surface area contributed by atoms with E-state index in [-0.39, 0.29) is 18.2 Å². The minimum Gasteiger partial charge on any atom is -0.444 e. The molecule has 0 saturated carbocycles. The van der Waals surface area contributed by atoms with Crippen LogP contribution in [-0.2, 0) is 20.7 Å². The summed E-state index contributed by atoms with van der Waals surface area (Å²) in [7, 11) is 0. The van der Waals surface area contributed by atoms with Crippen LogP contribution in [0.3, 0.4) is 0 Å². The Hall–Kier alpha value is -1.88. The van der Waals surface area contributed by atoms with E-state index < -0.39 is 11.7 Å². The zero-order valence-electron chi connectivity index (χ0n) is 14.0. The zero-order chi connectivity index (χ0) is 16.9. The molecule has 126 valence electrons. The van der Waals surface area contributed by atoms with Gasteiger partial charge in [-0.2, -0.15) is 0 Å². The van der Waals surface area contributed by atoms with Crippen LogP contribution in [0.15, 0.2) is 30.3 Å². The van der Waals surface area contributed by atoms with Gasteiger partial charge in [-0.1, -0.05) is 30.3 Å². The van der Waals surface area contributed by atoms with Crippen molar-refractivity contribution in [1.29, 1.82) is 0 Å². The van der Waals surface area contributed by atoms with Gasteiger partial charge in [0.05, 0.1) is 12.1 Å². The van der Waals surface area contributed by atoms with Crippen LogP contribution in [-0.4, -0.2) is 36.2 Å². The lowest BCUT2D eigenvalue weighted by molar-refractivity contribution is -0.117. The van der Waals surface area contributed by atoms with Crippen molar-refractivity contribution in [3.05, 3.63) is 35.9 Å². The van der Waals surface area contributed by atoms with Crippen LogP contribution in [0.2, 0.25) is 0 Å². The average molecular weight is 319 g/mol. The van der Waals surface area contributed by atoms with Crippen molar-refractivity contribution < 1.29 is 19.1 Å². The molecule has 1 amide bonds. The summed E-state index contributed by atoms with van der Waals surface area (Å²) in [5.74, 6) is 0. The molecule has 1 aliphatic rings. The summed E-state index contributed by atoms with van der Waals surface area (Å²) in [5.41, 5.74) is 0.551. The molecule has 1 aromatic carbocycles. The van der Waals surface area contributed by atoms with E-state index in [2.05, 4.69) is 5.32 Å². The predicted octanol–water partition coefficient (Wildman–Crippen LogP) is 2.87. The Labute approximate surface area is 137 Å². The van der Waals surface area contributed by atoms with Gasteiger partial charge in [0, 0.05) is 0 Å². The predicted molar refractivity (Wildman–Crippen MR) is 87.3 cm³/mol. The van der Waals surface area contributed by atoms with E-state index in [9.17, 15) is 9.59 Å². The van der Waals surface area contributed by atoms with Gasteiger partial charge in [0.25, 0.3) is 0 Å². The van der Waals surface area contributed by atoms with Crippen molar-refractivity contribution in [3.63, 3.8) is 0 Å². The van der Waals surface area contributed by atoms with Gasteiger partial charge in [-0.15, -0.1) is 0 Å². The van der Waals surface area contributed by atoms with Crippen molar-refractivity contribution in [2.45, 2.75) is 63.9 Å². The Balaban J connectivity index is 2.05. The second kappa shape index (κ2) is 7.59. The lowest BCUT2D eigenvalue weighted by Gasteiger charge is -2.27. The maximum atomic E-state index is 12.1. The molecule has 5 heteroatoms. The molecule has 0 spiro atoms. The number of ether oxygens (including phenoxy) is 2. The highest BCUT2D eigenvalue weighted by Gasteiger charge is 2.33. The zero-order valence-corrected chi connectivity index (χ0v) is 14.0. The minimum atomic E-state index is -0.552. The van der Waals surface area contributed by atoms with Gasteiger partial charge < -0.3 is 19.6 Å². The van der Waals surface area contributed by atoms with Gasteiger partial charge in [-0.05, 0) is 45.6 Å². The molecule has 1 fully saturated rings. The number of alkyl carbamates (subject to hydrolysis) is 1. The monoisotopic (exact) mass is 319 g/mol. The Kier molecular flexibility index (Phi) is 5.77. The van der Waals surface area contributed by atoms with Crippen LogP contribution in [0.5, 0.6) is 0 Å². The molecule has 1 saturated heterocycles. The molecule has 5 nitrogen and oxygen atoms in total. The summed E-state index contributed by atoms with van der Waals surface area (Å²) in [6.45, 7) is 5.48. The lowest BCUT2D eigenvalue weighted by atomic mass is 9.99. The number of carbonyl (C=O) groups excluding carboxylic acids is 2. The largest absolute Gasteiger partial charge is 0.444 e. The fraction of sp³-hybridized carbons (Fsp3) is 0.556. The molecule has 0 bridgehead atoms. The highest BCUT2D eigenvalue weighted by molar-refractivity contribution is 5.68. The van der Waals surface area contributed by atoms with Crippen molar-refractivity contribution in [1.82, 2.24) is 5.32 Å². The van der Waals surface area contributed by atoms with Crippen LogP contribution < -0.4 is 5.32 Å². The maximum Gasteiger partial charge on any atom is 0.407 e. The first-order valence-electron chi connectivity index (χ1n) is 8.01. The molecular weight excluding hydrogens is 294 g/mol. The number of hydrogen-bond donors (Lipinski definition) is 1. The molecule has 0 aliphatic carbocycles. The van der Waals surface area contributed by atoms with E-state index in [0.29, 0.717) is 12.8 Å². The van der Waals surface area contributed by atoms with E-state index in [0.717, 1.165) is 18.3 Å². The Morgan fingerprint density at radius 1 is 1.35 bits per heavy atom. The highest BCUT2D eigenvalue weighted by atomic mass is 16.6. The minimum absolute atomic E-state index is 0.182. The fourth-order valence-corrected chi connectivity index (χ4v) is 2.69. The fourth-order valence-electron chi connectivity index (χ4n) is 2.69. The molecule has 0 radical (unpaired) electrons.